The molecule has 3 nitrogen and oxygen atoms in total. The fourth-order valence-electron chi connectivity index (χ4n) is 2.27. The maximum Gasteiger partial charge on any atom is 0.251 e. The molecular formula is C14H19FN2O. The van der Waals surface area contributed by atoms with Crippen LogP contribution in [-0.4, -0.2) is 25.0 Å². The monoisotopic (exact) mass is 250 g/mol. The second-order valence-corrected chi connectivity index (χ2v) is 5.01. The number of piperidine rings is 1. The van der Waals surface area contributed by atoms with Crippen molar-refractivity contribution in [2.45, 2.75) is 26.3 Å². The quantitative estimate of drug-likeness (QED) is 0.841. The minimum Gasteiger partial charge on any atom is -0.348 e. The highest BCUT2D eigenvalue weighted by Crippen LogP contribution is 2.14. The molecule has 2 unspecified atom stereocenters. The number of benzene rings is 1. The Hall–Kier alpha value is -1.42. The molecule has 2 N–H and O–H groups in total. The average Bonchev–Trinajstić information content (AvgIpc) is 2.35. The van der Waals surface area contributed by atoms with E-state index >= 15 is 0 Å². The minimum absolute atomic E-state index is 0.119. The van der Waals surface area contributed by atoms with Gasteiger partial charge < -0.3 is 10.6 Å². The van der Waals surface area contributed by atoms with Crippen LogP contribution >= 0.6 is 0 Å². The van der Waals surface area contributed by atoms with Crippen LogP contribution in [-0.2, 0) is 0 Å². The van der Waals surface area contributed by atoms with Gasteiger partial charge >= 0.3 is 0 Å². The predicted molar refractivity (Wildman–Crippen MR) is 69.0 cm³/mol. The first kappa shape index (κ1) is 13.0. The first-order valence-electron chi connectivity index (χ1n) is 6.35. The second kappa shape index (κ2) is 5.48. The maximum atomic E-state index is 13.2. The van der Waals surface area contributed by atoms with Crippen LogP contribution in [0.25, 0.3) is 0 Å². The number of rotatable bonds is 2. The summed E-state index contributed by atoms with van der Waals surface area (Å²) >= 11 is 0. The van der Waals surface area contributed by atoms with E-state index in [2.05, 4.69) is 17.6 Å². The Balaban J connectivity index is 2.09. The Morgan fingerprint density at radius 1 is 1.50 bits per heavy atom. The van der Waals surface area contributed by atoms with E-state index in [1.807, 2.05) is 6.92 Å². The molecule has 2 atom stereocenters. The SMILES string of the molecule is Cc1ccc(F)cc1C(=O)NC1CNCCC1C. The largest absolute Gasteiger partial charge is 0.348 e. The van der Waals surface area contributed by atoms with E-state index in [4.69, 9.17) is 0 Å². The van der Waals surface area contributed by atoms with Gasteiger partial charge in [-0.25, -0.2) is 4.39 Å². The van der Waals surface area contributed by atoms with Crippen molar-refractivity contribution in [3.8, 4) is 0 Å². The Labute approximate surface area is 107 Å². The number of halogens is 1. The van der Waals surface area contributed by atoms with Gasteiger partial charge in [0.15, 0.2) is 0 Å². The van der Waals surface area contributed by atoms with Gasteiger partial charge in [-0.15, -0.1) is 0 Å². The lowest BCUT2D eigenvalue weighted by molar-refractivity contribution is 0.0914. The van der Waals surface area contributed by atoms with Crippen molar-refractivity contribution in [1.29, 1.82) is 0 Å². The third-order valence-electron chi connectivity index (χ3n) is 3.59. The zero-order valence-electron chi connectivity index (χ0n) is 10.8. The Morgan fingerprint density at radius 3 is 3.00 bits per heavy atom. The Kier molecular flexibility index (Phi) is 3.97. The molecule has 1 aliphatic rings. The summed E-state index contributed by atoms with van der Waals surface area (Å²) in [6, 6.07) is 4.42. The second-order valence-electron chi connectivity index (χ2n) is 5.01. The Morgan fingerprint density at radius 2 is 2.28 bits per heavy atom. The van der Waals surface area contributed by atoms with Crippen LogP contribution in [0.3, 0.4) is 0 Å². The number of carbonyl (C=O) groups is 1. The predicted octanol–water partition coefficient (Wildman–Crippen LogP) is 1.86. The summed E-state index contributed by atoms with van der Waals surface area (Å²) < 4.78 is 13.2. The highest BCUT2D eigenvalue weighted by atomic mass is 19.1. The third-order valence-corrected chi connectivity index (χ3v) is 3.59. The molecule has 1 aromatic carbocycles. The summed E-state index contributed by atoms with van der Waals surface area (Å²) in [6.45, 7) is 5.72. The van der Waals surface area contributed by atoms with E-state index in [1.165, 1.54) is 12.1 Å². The van der Waals surface area contributed by atoms with Crippen LogP contribution in [0.2, 0.25) is 0 Å². The van der Waals surface area contributed by atoms with Crippen LogP contribution < -0.4 is 10.6 Å². The highest BCUT2D eigenvalue weighted by Gasteiger charge is 2.23. The molecule has 0 aromatic heterocycles. The van der Waals surface area contributed by atoms with Crippen molar-refractivity contribution in [3.63, 3.8) is 0 Å². The molecule has 1 fully saturated rings. The molecule has 1 heterocycles. The topological polar surface area (TPSA) is 41.1 Å². The molecule has 2 rings (SSSR count). The number of hydrogen-bond acceptors (Lipinski definition) is 2. The smallest absolute Gasteiger partial charge is 0.251 e. The lowest BCUT2D eigenvalue weighted by atomic mass is 9.94. The molecule has 0 bridgehead atoms. The van der Waals surface area contributed by atoms with Crippen LogP contribution in [0.1, 0.15) is 29.3 Å². The van der Waals surface area contributed by atoms with Crippen molar-refractivity contribution in [3.05, 3.63) is 35.1 Å². The van der Waals surface area contributed by atoms with Gasteiger partial charge in [-0.1, -0.05) is 13.0 Å². The molecule has 1 amide bonds. The standard InChI is InChI=1S/C14H19FN2O/c1-9-3-4-11(15)7-12(9)14(18)17-13-8-16-6-5-10(13)2/h3-4,7,10,13,16H,5-6,8H2,1-2H3,(H,17,18). The molecular weight excluding hydrogens is 231 g/mol. The molecule has 1 aliphatic heterocycles. The van der Waals surface area contributed by atoms with Crippen LogP contribution in [0, 0.1) is 18.7 Å². The van der Waals surface area contributed by atoms with Gasteiger partial charge in [0.05, 0.1) is 0 Å². The Bertz CT molecular complexity index is 447. The van der Waals surface area contributed by atoms with Crippen LogP contribution in [0.15, 0.2) is 18.2 Å². The molecule has 18 heavy (non-hydrogen) atoms. The van der Waals surface area contributed by atoms with Gasteiger partial charge in [-0.2, -0.15) is 0 Å². The van der Waals surface area contributed by atoms with Crippen molar-refractivity contribution in [1.82, 2.24) is 10.6 Å². The van der Waals surface area contributed by atoms with E-state index in [0.717, 1.165) is 25.1 Å². The van der Waals surface area contributed by atoms with Crippen molar-refractivity contribution >= 4 is 5.91 Å². The number of nitrogens with one attached hydrogen (secondary N) is 2. The lowest BCUT2D eigenvalue weighted by Gasteiger charge is -2.30. The fraction of sp³-hybridized carbons (Fsp3) is 0.500. The van der Waals surface area contributed by atoms with Gasteiger partial charge in [0, 0.05) is 18.2 Å². The summed E-state index contributed by atoms with van der Waals surface area (Å²) in [5.74, 6) is -0.114. The summed E-state index contributed by atoms with van der Waals surface area (Å²) in [5, 5.41) is 6.24. The van der Waals surface area contributed by atoms with Gasteiger partial charge in [-0.3, -0.25) is 4.79 Å². The molecule has 1 aromatic rings. The fourth-order valence-corrected chi connectivity index (χ4v) is 2.27. The number of amides is 1. The van der Waals surface area contributed by atoms with E-state index < -0.39 is 0 Å². The van der Waals surface area contributed by atoms with E-state index in [9.17, 15) is 9.18 Å². The first-order chi connectivity index (χ1) is 8.58. The molecule has 0 spiro atoms. The van der Waals surface area contributed by atoms with Crippen molar-refractivity contribution in [2.24, 2.45) is 5.92 Å². The number of aryl methyl sites for hydroxylation is 1. The minimum atomic E-state index is -0.374. The van der Waals surface area contributed by atoms with Crippen LogP contribution in [0.4, 0.5) is 4.39 Å². The average molecular weight is 250 g/mol. The third kappa shape index (κ3) is 2.88. The van der Waals surface area contributed by atoms with E-state index in [-0.39, 0.29) is 17.8 Å². The van der Waals surface area contributed by atoms with Crippen LogP contribution in [0.5, 0.6) is 0 Å². The number of carbonyl (C=O) groups excluding carboxylic acids is 1. The summed E-state index contributed by atoms with van der Waals surface area (Å²) in [5.41, 5.74) is 1.22. The van der Waals surface area contributed by atoms with Gasteiger partial charge in [0.2, 0.25) is 0 Å². The summed E-state index contributed by atoms with van der Waals surface area (Å²) in [4.78, 5) is 12.1. The lowest BCUT2D eigenvalue weighted by Crippen LogP contribution is -2.50. The van der Waals surface area contributed by atoms with E-state index in [0.29, 0.717) is 11.5 Å². The molecule has 0 saturated carbocycles. The summed E-state index contributed by atoms with van der Waals surface area (Å²) in [7, 11) is 0. The van der Waals surface area contributed by atoms with Crippen molar-refractivity contribution < 1.29 is 9.18 Å². The molecule has 0 radical (unpaired) electrons. The molecule has 4 heteroatoms. The number of hydrogen-bond donors (Lipinski definition) is 2. The summed E-state index contributed by atoms with van der Waals surface area (Å²) in [6.07, 6.45) is 1.05. The zero-order chi connectivity index (χ0) is 13.1. The highest BCUT2D eigenvalue weighted by molar-refractivity contribution is 5.95. The van der Waals surface area contributed by atoms with E-state index in [1.54, 1.807) is 6.07 Å². The molecule has 1 saturated heterocycles. The maximum absolute atomic E-state index is 13.2. The van der Waals surface area contributed by atoms with Crippen molar-refractivity contribution in [2.75, 3.05) is 13.1 Å². The molecule has 98 valence electrons. The first-order valence-corrected chi connectivity index (χ1v) is 6.35. The molecule has 0 aliphatic carbocycles. The normalized spacial score (nSPS) is 23.7. The van der Waals surface area contributed by atoms with Gasteiger partial charge in [0.1, 0.15) is 5.82 Å². The zero-order valence-corrected chi connectivity index (χ0v) is 10.8. The van der Waals surface area contributed by atoms with Gasteiger partial charge in [-0.05, 0) is 43.5 Å². The van der Waals surface area contributed by atoms with Gasteiger partial charge in [0.25, 0.3) is 5.91 Å².